The van der Waals surface area contributed by atoms with E-state index in [1.807, 2.05) is 29.3 Å². The molecule has 2 aromatic heterocycles. The summed E-state index contributed by atoms with van der Waals surface area (Å²) in [5, 5.41) is 0.628. The first kappa shape index (κ1) is 9.99. The summed E-state index contributed by atoms with van der Waals surface area (Å²) in [6, 6.07) is 4.27. The molecule has 0 aliphatic rings. The van der Waals surface area contributed by atoms with Crippen LogP contribution >= 0.6 is 23.1 Å². The monoisotopic (exact) mass is 223 g/mol. The molecule has 0 saturated carbocycles. The van der Waals surface area contributed by atoms with Crippen molar-refractivity contribution < 1.29 is 0 Å². The van der Waals surface area contributed by atoms with Gasteiger partial charge in [0, 0.05) is 21.2 Å². The third-order valence-electron chi connectivity index (χ3n) is 1.86. The zero-order valence-corrected chi connectivity index (χ0v) is 10.2. The third-order valence-corrected chi connectivity index (χ3v) is 4.13. The molecular formula is C11H13NS2. The normalized spacial score (nSPS) is 11.4. The molecule has 0 spiro atoms. The molecule has 0 N–H and O–H groups in total. The summed E-state index contributed by atoms with van der Waals surface area (Å²) in [6.07, 6.45) is 1.90. The lowest BCUT2D eigenvalue weighted by Gasteiger charge is -2.04. The highest BCUT2D eigenvalue weighted by molar-refractivity contribution is 8.00. The molecular weight excluding hydrogens is 210 g/mol. The van der Waals surface area contributed by atoms with E-state index in [1.54, 1.807) is 0 Å². The lowest BCUT2D eigenvalue weighted by molar-refractivity contribution is 1.11. The number of nitrogens with zero attached hydrogens (tertiary/aromatic N) is 1. The van der Waals surface area contributed by atoms with E-state index in [4.69, 9.17) is 0 Å². The van der Waals surface area contributed by atoms with Gasteiger partial charge in [-0.15, -0.1) is 23.1 Å². The molecule has 0 radical (unpaired) electrons. The molecule has 3 heteroatoms. The van der Waals surface area contributed by atoms with Crippen molar-refractivity contribution in [2.45, 2.75) is 30.9 Å². The molecule has 74 valence electrons. The van der Waals surface area contributed by atoms with Crippen LogP contribution in [0.25, 0.3) is 10.2 Å². The molecule has 0 saturated heterocycles. The summed E-state index contributed by atoms with van der Waals surface area (Å²) in [6.45, 7) is 6.57. The van der Waals surface area contributed by atoms with Crippen LogP contribution in [-0.4, -0.2) is 10.2 Å². The second kappa shape index (κ2) is 3.91. The SMILES string of the molecule is Cc1cc2nccc(SC(C)C)c2s1. The highest BCUT2D eigenvalue weighted by Crippen LogP contribution is 2.34. The number of aromatic nitrogens is 1. The van der Waals surface area contributed by atoms with Crippen LogP contribution in [0.1, 0.15) is 18.7 Å². The van der Waals surface area contributed by atoms with E-state index < -0.39 is 0 Å². The molecule has 0 atom stereocenters. The zero-order chi connectivity index (χ0) is 10.1. The quantitative estimate of drug-likeness (QED) is 0.711. The van der Waals surface area contributed by atoms with Gasteiger partial charge < -0.3 is 0 Å². The standard InChI is InChI=1S/C11H13NS2/c1-7(2)13-10-4-5-12-9-6-8(3)14-11(9)10/h4-7H,1-3H3. The minimum absolute atomic E-state index is 0.628. The van der Waals surface area contributed by atoms with E-state index in [0.29, 0.717) is 5.25 Å². The number of thiophene rings is 1. The maximum atomic E-state index is 4.37. The van der Waals surface area contributed by atoms with Crippen LogP contribution in [0.15, 0.2) is 23.2 Å². The van der Waals surface area contributed by atoms with Crippen molar-refractivity contribution in [3.63, 3.8) is 0 Å². The first-order valence-electron chi connectivity index (χ1n) is 4.68. The van der Waals surface area contributed by atoms with Crippen LogP contribution in [-0.2, 0) is 0 Å². The van der Waals surface area contributed by atoms with Crippen molar-refractivity contribution in [3.8, 4) is 0 Å². The minimum atomic E-state index is 0.628. The fourth-order valence-electron chi connectivity index (χ4n) is 1.38. The van der Waals surface area contributed by atoms with Gasteiger partial charge in [-0.3, -0.25) is 4.98 Å². The second-order valence-corrected chi connectivity index (χ2v) is 6.42. The third kappa shape index (κ3) is 1.93. The number of hydrogen-bond acceptors (Lipinski definition) is 3. The van der Waals surface area contributed by atoms with E-state index in [0.717, 1.165) is 5.52 Å². The number of fused-ring (bicyclic) bond motifs is 1. The Kier molecular flexibility index (Phi) is 2.79. The average Bonchev–Trinajstić information content (AvgIpc) is 2.45. The Balaban J connectivity index is 2.53. The fraction of sp³-hybridized carbons (Fsp3) is 0.364. The first-order valence-corrected chi connectivity index (χ1v) is 6.38. The van der Waals surface area contributed by atoms with Crippen molar-refractivity contribution >= 4 is 33.3 Å². The fourth-order valence-corrected chi connectivity index (χ4v) is 3.39. The van der Waals surface area contributed by atoms with E-state index in [-0.39, 0.29) is 0 Å². The van der Waals surface area contributed by atoms with Crippen LogP contribution in [0.3, 0.4) is 0 Å². The molecule has 0 bridgehead atoms. The molecule has 2 heterocycles. The van der Waals surface area contributed by atoms with Gasteiger partial charge in [0.05, 0.1) is 10.2 Å². The number of thioether (sulfide) groups is 1. The van der Waals surface area contributed by atoms with Gasteiger partial charge in [0.2, 0.25) is 0 Å². The summed E-state index contributed by atoms with van der Waals surface area (Å²) >= 11 is 3.75. The average molecular weight is 223 g/mol. The van der Waals surface area contributed by atoms with E-state index in [9.17, 15) is 0 Å². The highest BCUT2D eigenvalue weighted by atomic mass is 32.2. The van der Waals surface area contributed by atoms with Crippen molar-refractivity contribution in [2.24, 2.45) is 0 Å². The summed E-state index contributed by atoms with van der Waals surface area (Å²) in [5.41, 5.74) is 1.14. The van der Waals surface area contributed by atoms with Crippen LogP contribution in [0, 0.1) is 6.92 Å². The smallest absolute Gasteiger partial charge is 0.0823 e. The summed E-state index contributed by atoms with van der Waals surface area (Å²) in [5.74, 6) is 0. The lowest BCUT2D eigenvalue weighted by atomic mass is 10.4. The van der Waals surface area contributed by atoms with Crippen molar-refractivity contribution in [1.82, 2.24) is 4.98 Å². The lowest BCUT2D eigenvalue weighted by Crippen LogP contribution is -1.86. The van der Waals surface area contributed by atoms with Gasteiger partial charge in [-0.25, -0.2) is 0 Å². The molecule has 0 aliphatic carbocycles. The predicted octanol–water partition coefficient (Wildman–Crippen LogP) is 4.11. The Labute approximate surface area is 92.6 Å². The maximum Gasteiger partial charge on any atom is 0.0823 e. The Morgan fingerprint density at radius 1 is 1.43 bits per heavy atom. The maximum absolute atomic E-state index is 4.37. The molecule has 0 aliphatic heterocycles. The van der Waals surface area contributed by atoms with E-state index in [1.165, 1.54) is 14.5 Å². The van der Waals surface area contributed by atoms with E-state index >= 15 is 0 Å². The van der Waals surface area contributed by atoms with Gasteiger partial charge in [-0.2, -0.15) is 0 Å². The number of hydrogen-bond donors (Lipinski definition) is 0. The molecule has 1 nitrogen and oxygen atoms in total. The summed E-state index contributed by atoms with van der Waals surface area (Å²) in [7, 11) is 0. The van der Waals surface area contributed by atoms with Gasteiger partial charge in [-0.05, 0) is 19.1 Å². The molecule has 2 rings (SSSR count). The van der Waals surface area contributed by atoms with Crippen molar-refractivity contribution in [1.29, 1.82) is 0 Å². The van der Waals surface area contributed by atoms with Crippen LogP contribution in [0.2, 0.25) is 0 Å². The Bertz CT molecular complexity index is 445. The zero-order valence-electron chi connectivity index (χ0n) is 8.57. The molecule has 0 unspecified atom stereocenters. The van der Waals surface area contributed by atoms with Gasteiger partial charge in [-0.1, -0.05) is 13.8 Å². The molecule has 14 heavy (non-hydrogen) atoms. The molecule has 2 aromatic rings. The van der Waals surface area contributed by atoms with Gasteiger partial charge in [0.1, 0.15) is 0 Å². The highest BCUT2D eigenvalue weighted by Gasteiger charge is 2.07. The topological polar surface area (TPSA) is 12.9 Å². The van der Waals surface area contributed by atoms with E-state index in [2.05, 4.69) is 37.9 Å². The van der Waals surface area contributed by atoms with Crippen LogP contribution in [0.4, 0.5) is 0 Å². The minimum Gasteiger partial charge on any atom is -0.255 e. The number of pyridine rings is 1. The van der Waals surface area contributed by atoms with Gasteiger partial charge >= 0.3 is 0 Å². The van der Waals surface area contributed by atoms with Crippen molar-refractivity contribution in [2.75, 3.05) is 0 Å². The Hall–Kier alpha value is -0.540. The first-order chi connectivity index (χ1) is 6.66. The van der Waals surface area contributed by atoms with Gasteiger partial charge in [0.15, 0.2) is 0 Å². The molecule has 0 fully saturated rings. The predicted molar refractivity (Wildman–Crippen MR) is 65.4 cm³/mol. The molecule has 0 aromatic carbocycles. The van der Waals surface area contributed by atoms with Crippen LogP contribution in [0.5, 0.6) is 0 Å². The number of aryl methyl sites for hydroxylation is 1. The van der Waals surface area contributed by atoms with Crippen LogP contribution < -0.4 is 0 Å². The van der Waals surface area contributed by atoms with Gasteiger partial charge in [0.25, 0.3) is 0 Å². The second-order valence-electron chi connectivity index (χ2n) is 3.55. The Morgan fingerprint density at radius 3 is 2.93 bits per heavy atom. The Morgan fingerprint density at radius 2 is 2.21 bits per heavy atom. The number of rotatable bonds is 2. The largest absolute Gasteiger partial charge is 0.255 e. The summed E-state index contributed by atoms with van der Waals surface area (Å²) < 4.78 is 1.34. The molecule has 0 amide bonds. The summed E-state index contributed by atoms with van der Waals surface area (Å²) in [4.78, 5) is 7.07. The van der Waals surface area contributed by atoms with Crippen molar-refractivity contribution in [3.05, 3.63) is 23.2 Å².